The molecule has 0 aliphatic carbocycles. The summed E-state index contributed by atoms with van der Waals surface area (Å²) in [5.74, 6) is 0.426. The molecule has 1 saturated heterocycles. The van der Waals surface area contributed by atoms with Crippen LogP contribution in [0.25, 0.3) is 0 Å². The van der Waals surface area contributed by atoms with Crippen molar-refractivity contribution >= 4 is 33.6 Å². The second-order valence-corrected chi connectivity index (χ2v) is 8.49. The molecule has 0 spiro atoms. The van der Waals surface area contributed by atoms with Gasteiger partial charge in [0.25, 0.3) is 0 Å². The van der Waals surface area contributed by atoms with E-state index in [1.165, 1.54) is 0 Å². The van der Waals surface area contributed by atoms with Gasteiger partial charge >= 0.3 is 6.09 Å². The van der Waals surface area contributed by atoms with Gasteiger partial charge in [-0.25, -0.2) is 4.79 Å². The van der Waals surface area contributed by atoms with Gasteiger partial charge in [-0.05, 0) is 33.6 Å². The van der Waals surface area contributed by atoms with E-state index in [0.717, 1.165) is 16.7 Å². The van der Waals surface area contributed by atoms with E-state index >= 15 is 0 Å². The number of nitrogens with zero attached hydrogens (tertiary/aromatic N) is 4. The first-order valence-corrected chi connectivity index (χ1v) is 9.72. The number of hydrogen-bond donors (Lipinski definition) is 0. The minimum atomic E-state index is -0.536. The molecule has 2 atom stereocenters. The van der Waals surface area contributed by atoms with Crippen LogP contribution in [-0.2, 0) is 22.6 Å². The highest BCUT2D eigenvalue weighted by Gasteiger charge is 2.37. The van der Waals surface area contributed by atoms with Crippen LogP contribution in [0.4, 0.5) is 10.5 Å². The molecule has 7 nitrogen and oxygen atoms in total. The third-order valence-corrected chi connectivity index (χ3v) is 5.47. The van der Waals surface area contributed by atoms with E-state index in [9.17, 15) is 9.59 Å². The zero-order valence-corrected chi connectivity index (χ0v) is 16.7. The second kappa shape index (κ2) is 6.63. The fraction of sp³-hybridized carbons (Fsp3) is 0.706. The van der Waals surface area contributed by atoms with E-state index in [2.05, 4.69) is 21.0 Å². The molecule has 138 valence electrons. The molecule has 1 unspecified atom stereocenters. The minimum absolute atomic E-state index is 0.0142. The number of carbonyl (C=O) groups is 2. The van der Waals surface area contributed by atoms with E-state index in [0.29, 0.717) is 32.0 Å². The van der Waals surface area contributed by atoms with Crippen LogP contribution >= 0.6 is 15.9 Å². The van der Waals surface area contributed by atoms with E-state index in [-0.39, 0.29) is 18.0 Å². The summed E-state index contributed by atoms with van der Waals surface area (Å²) in [5, 5.41) is 5.24. The number of anilines is 1. The quantitative estimate of drug-likeness (QED) is 0.700. The molecule has 0 N–H and O–H groups in total. The van der Waals surface area contributed by atoms with Crippen molar-refractivity contribution in [2.75, 3.05) is 16.8 Å². The van der Waals surface area contributed by atoms with Gasteiger partial charge in [0.2, 0.25) is 5.91 Å². The molecule has 8 heteroatoms. The maximum atomic E-state index is 12.5. The number of fused-ring (bicyclic) bond motifs is 1. The number of aromatic nitrogens is 2. The zero-order chi connectivity index (χ0) is 18.4. The molecule has 2 amide bonds. The largest absolute Gasteiger partial charge is 0.444 e. The first-order valence-electron chi connectivity index (χ1n) is 8.60. The number of carbonyl (C=O) groups excluding carboxylic acids is 2. The van der Waals surface area contributed by atoms with Crippen LogP contribution in [-0.4, -0.2) is 50.2 Å². The lowest BCUT2D eigenvalue weighted by atomic mass is 10.1. The number of hydrogen-bond acceptors (Lipinski definition) is 4. The number of rotatable bonds is 2. The van der Waals surface area contributed by atoms with E-state index in [1.807, 2.05) is 32.4 Å². The maximum absolute atomic E-state index is 12.5. The molecule has 0 saturated carbocycles. The van der Waals surface area contributed by atoms with Crippen molar-refractivity contribution in [1.29, 1.82) is 0 Å². The molecule has 0 bridgehead atoms. The van der Waals surface area contributed by atoms with Crippen molar-refractivity contribution in [3.8, 4) is 0 Å². The summed E-state index contributed by atoms with van der Waals surface area (Å²) in [7, 11) is 0. The molecular formula is C17H25BrN4O3. The lowest BCUT2D eigenvalue weighted by Gasteiger charge is -2.36. The normalized spacial score (nSPS) is 23.8. The summed E-state index contributed by atoms with van der Waals surface area (Å²) < 4.78 is 7.43. The molecule has 0 aromatic carbocycles. The Hall–Kier alpha value is -1.57. The minimum Gasteiger partial charge on any atom is -0.444 e. The third kappa shape index (κ3) is 3.68. The molecule has 1 fully saturated rings. The van der Waals surface area contributed by atoms with Gasteiger partial charge in [0.05, 0.1) is 36.7 Å². The van der Waals surface area contributed by atoms with Gasteiger partial charge in [0, 0.05) is 18.3 Å². The smallest absolute Gasteiger partial charge is 0.410 e. The van der Waals surface area contributed by atoms with Crippen molar-refractivity contribution in [3.63, 3.8) is 0 Å². The fourth-order valence-corrected chi connectivity index (χ4v) is 3.73. The van der Waals surface area contributed by atoms with Crippen LogP contribution in [0.5, 0.6) is 0 Å². The van der Waals surface area contributed by atoms with Gasteiger partial charge in [-0.2, -0.15) is 5.10 Å². The van der Waals surface area contributed by atoms with Crippen molar-refractivity contribution in [2.24, 2.45) is 5.92 Å². The summed E-state index contributed by atoms with van der Waals surface area (Å²) in [6, 6.07) is -0.0142. The van der Waals surface area contributed by atoms with Gasteiger partial charge in [-0.1, -0.05) is 15.9 Å². The maximum Gasteiger partial charge on any atom is 0.410 e. The molecule has 3 heterocycles. The number of alkyl halides is 1. The Morgan fingerprint density at radius 1 is 1.40 bits per heavy atom. The lowest BCUT2D eigenvalue weighted by Crippen LogP contribution is -2.47. The van der Waals surface area contributed by atoms with Crippen molar-refractivity contribution < 1.29 is 14.3 Å². The monoisotopic (exact) mass is 412 g/mol. The highest BCUT2D eigenvalue weighted by Crippen LogP contribution is 2.32. The molecular weight excluding hydrogens is 388 g/mol. The van der Waals surface area contributed by atoms with E-state index in [4.69, 9.17) is 4.74 Å². The Labute approximate surface area is 156 Å². The average Bonchev–Trinajstić information content (AvgIpc) is 3.07. The number of amides is 2. The standard InChI is InChI=1S/C17H25BrN4O3/c1-11-8-22-14(10-20(11)16(24)25-17(2,3)4)13(7-19-22)21-9-12(6-18)5-15(21)23/h7,11-12H,5-6,8-10H2,1-4H3/t11-,12?/m0/s1. The third-order valence-electron chi connectivity index (χ3n) is 4.56. The predicted molar refractivity (Wildman–Crippen MR) is 97.7 cm³/mol. The SMILES string of the molecule is C[C@H]1Cn2ncc(N3CC(CBr)CC3=O)c2CN1C(=O)OC(C)(C)C. The average molecular weight is 413 g/mol. The van der Waals surface area contributed by atoms with Crippen LogP contribution in [0.2, 0.25) is 0 Å². The molecule has 0 radical (unpaired) electrons. The van der Waals surface area contributed by atoms with Crippen LogP contribution < -0.4 is 4.90 Å². The van der Waals surface area contributed by atoms with Crippen LogP contribution in [0, 0.1) is 5.92 Å². The van der Waals surface area contributed by atoms with Crippen LogP contribution in [0.3, 0.4) is 0 Å². The summed E-state index contributed by atoms with van der Waals surface area (Å²) in [6.07, 6.45) is 1.96. The van der Waals surface area contributed by atoms with Crippen LogP contribution in [0.15, 0.2) is 6.20 Å². The second-order valence-electron chi connectivity index (χ2n) is 7.84. The Morgan fingerprint density at radius 2 is 2.12 bits per heavy atom. The lowest BCUT2D eigenvalue weighted by molar-refractivity contribution is -0.117. The predicted octanol–water partition coefficient (Wildman–Crippen LogP) is 2.77. The zero-order valence-electron chi connectivity index (χ0n) is 15.2. The van der Waals surface area contributed by atoms with Crippen molar-refractivity contribution in [2.45, 2.75) is 58.8 Å². The van der Waals surface area contributed by atoms with Gasteiger partial charge in [0.15, 0.2) is 0 Å². The topological polar surface area (TPSA) is 67.7 Å². The Balaban J connectivity index is 1.83. The fourth-order valence-electron chi connectivity index (χ4n) is 3.30. The van der Waals surface area contributed by atoms with E-state index in [1.54, 1.807) is 16.0 Å². The molecule has 1 aromatic rings. The molecule has 3 rings (SSSR count). The van der Waals surface area contributed by atoms with Gasteiger partial charge < -0.3 is 9.64 Å². The number of ether oxygens (including phenoxy) is 1. The van der Waals surface area contributed by atoms with Gasteiger partial charge in [-0.15, -0.1) is 0 Å². The first-order chi connectivity index (χ1) is 11.7. The Bertz CT molecular complexity index is 682. The number of halogens is 1. The molecule has 2 aliphatic heterocycles. The molecule has 2 aliphatic rings. The van der Waals surface area contributed by atoms with Crippen LogP contribution in [0.1, 0.15) is 39.8 Å². The summed E-state index contributed by atoms with van der Waals surface area (Å²) in [6.45, 7) is 9.24. The highest BCUT2D eigenvalue weighted by molar-refractivity contribution is 9.09. The van der Waals surface area contributed by atoms with Crippen molar-refractivity contribution in [1.82, 2.24) is 14.7 Å². The van der Waals surface area contributed by atoms with Gasteiger partial charge in [0.1, 0.15) is 5.60 Å². The summed E-state index contributed by atoms with van der Waals surface area (Å²) in [5.41, 5.74) is 1.17. The Kier molecular flexibility index (Phi) is 4.83. The molecule has 1 aromatic heterocycles. The summed E-state index contributed by atoms with van der Waals surface area (Å²) >= 11 is 3.46. The highest BCUT2D eigenvalue weighted by atomic mass is 79.9. The Morgan fingerprint density at radius 3 is 2.72 bits per heavy atom. The summed E-state index contributed by atoms with van der Waals surface area (Å²) in [4.78, 5) is 28.4. The van der Waals surface area contributed by atoms with Gasteiger partial charge in [-0.3, -0.25) is 14.4 Å². The molecule has 25 heavy (non-hydrogen) atoms. The van der Waals surface area contributed by atoms with E-state index < -0.39 is 5.60 Å². The van der Waals surface area contributed by atoms with Crippen molar-refractivity contribution in [3.05, 3.63) is 11.9 Å². The first kappa shape index (κ1) is 18.2.